The third-order valence-corrected chi connectivity index (χ3v) is 2.72. The van der Waals surface area contributed by atoms with Crippen molar-refractivity contribution in [2.24, 2.45) is 5.73 Å². The fourth-order valence-corrected chi connectivity index (χ4v) is 1.44. The minimum Gasteiger partial charge on any atom is -0.394 e. The van der Waals surface area contributed by atoms with E-state index in [9.17, 15) is 0 Å². The van der Waals surface area contributed by atoms with Crippen molar-refractivity contribution in [3.8, 4) is 0 Å². The van der Waals surface area contributed by atoms with Crippen molar-refractivity contribution < 1.29 is 5.11 Å². The van der Waals surface area contributed by atoms with E-state index in [4.69, 9.17) is 10.8 Å². The Labute approximate surface area is 61.8 Å². The van der Waals surface area contributed by atoms with Crippen molar-refractivity contribution in [1.29, 1.82) is 0 Å². The summed E-state index contributed by atoms with van der Waals surface area (Å²) in [5.74, 6) is 0. The highest BCUT2D eigenvalue weighted by molar-refractivity contribution is 4.99. The number of likely N-dealkylation sites (tertiary alicyclic amines) is 1. The van der Waals surface area contributed by atoms with Crippen LogP contribution in [-0.2, 0) is 0 Å². The van der Waals surface area contributed by atoms with E-state index >= 15 is 0 Å². The predicted octanol–water partition coefficient (Wildman–Crippen LogP) is -0.600. The molecule has 1 aliphatic heterocycles. The first kappa shape index (κ1) is 7.98. The van der Waals surface area contributed by atoms with Crippen LogP contribution >= 0.6 is 0 Å². The SMILES string of the molecule is CC1N(C)CCC1(N)CO. The zero-order valence-corrected chi connectivity index (χ0v) is 6.67. The molecule has 10 heavy (non-hydrogen) atoms. The molecule has 3 heteroatoms. The molecule has 0 saturated carbocycles. The van der Waals surface area contributed by atoms with Crippen molar-refractivity contribution in [3.05, 3.63) is 0 Å². The summed E-state index contributed by atoms with van der Waals surface area (Å²) in [6.07, 6.45) is 0.904. The summed E-state index contributed by atoms with van der Waals surface area (Å²) in [4.78, 5) is 2.18. The molecule has 0 amide bonds. The predicted molar refractivity (Wildman–Crippen MR) is 40.7 cm³/mol. The molecule has 2 atom stereocenters. The van der Waals surface area contributed by atoms with E-state index in [-0.39, 0.29) is 12.1 Å². The third-order valence-electron chi connectivity index (χ3n) is 2.72. The van der Waals surface area contributed by atoms with Gasteiger partial charge in [-0.1, -0.05) is 0 Å². The zero-order chi connectivity index (χ0) is 7.78. The second kappa shape index (κ2) is 2.49. The van der Waals surface area contributed by atoms with Gasteiger partial charge in [0.05, 0.1) is 12.1 Å². The first-order valence-electron chi connectivity index (χ1n) is 3.70. The molecule has 0 aromatic carbocycles. The molecule has 0 radical (unpaired) electrons. The zero-order valence-electron chi connectivity index (χ0n) is 6.67. The van der Waals surface area contributed by atoms with Gasteiger partial charge in [0.2, 0.25) is 0 Å². The van der Waals surface area contributed by atoms with Gasteiger partial charge < -0.3 is 15.7 Å². The van der Waals surface area contributed by atoms with Crippen LogP contribution in [0.5, 0.6) is 0 Å². The maximum Gasteiger partial charge on any atom is 0.0626 e. The Hall–Kier alpha value is -0.120. The second-order valence-corrected chi connectivity index (χ2v) is 3.30. The average molecular weight is 144 g/mol. The number of aliphatic hydroxyl groups excluding tert-OH is 1. The van der Waals surface area contributed by atoms with E-state index in [0.717, 1.165) is 13.0 Å². The van der Waals surface area contributed by atoms with Gasteiger partial charge >= 0.3 is 0 Å². The van der Waals surface area contributed by atoms with Gasteiger partial charge in [-0.05, 0) is 20.4 Å². The van der Waals surface area contributed by atoms with Crippen LogP contribution in [0.4, 0.5) is 0 Å². The molecule has 1 saturated heterocycles. The van der Waals surface area contributed by atoms with E-state index in [0.29, 0.717) is 6.04 Å². The third kappa shape index (κ3) is 1.05. The molecule has 0 bridgehead atoms. The Balaban J connectivity index is 2.64. The largest absolute Gasteiger partial charge is 0.394 e. The minimum atomic E-state index is -0.352. The lowest BCUT2D eigenvalue weighted by atomic mass is 9.94. The number of nitrogens with two attached hydrogens (primary N) is 1. The highest BCUT2D eigenvalue weighted by Crippen LogP contribution is 2.23. The minimum absolute atomic E-state index is 0.0957. The molecule has 1 aliphatic rings. The Morgan fingerprint density at radius 2 is 2.40 bits per heavy atom. The number of likely N-dealkylation sites (N-methyl/N-ethyl adjacent to an activating group) is 1. The van der Waals surface area contributed by atoms with E-state index in [1.54, 1.807) is 0 Å². The molecule has 3 nitrogen and oxygen atoms in total. The van der Waals surface area contributed by atoms with Crippen LogP contribution in [0.2, 0.25) is 0 Å². The molecule has 1 heterocycles. The van der Waals surface area contributed by atoms with Gasteiger partial charge in [0.25, 0.3) is 0 Å². The second-order valence-electron chi connectivity index (χ2n) is 3.30. The highest BCUT2D eigenvalue weighted by atomic mass is 16.3. The van der Waals surface area contributed by atoms with Gasteiger partial charge in [0.15, 0.2) is 0 Å². The lowest BCUT2D eigenvalue weighted by molar-refractivity contribution is 0.161. The Bertz CT molecular complexity index is 129. The van der Waals surface area contributed by atoms with Crippen LogP contribution in [-0.4, -0.2) is 41.8 Å². The first-order valence-corrected chi connectivity index (χ1v) is 3.70. The smallest absolute Gasteiger partial charge is 0.0626 e. The number of aliphatic hydroxyl groups is 1. The fraction of sp³-hybridized carbons (Fsp3) is 1.00. The lowest BCUT2D eigenvalue weighted by Crippen LogP contribution is -2.52. The lowest BCUT2D eigenvalue weighted by Gasteiger charge is -2.28. The monoisotopic (exact) mass is 144 g/mol. The fourth-order valence-electron chi connectivity index (χ4n) is 1.44. The summed E-state index contributed by atoms with van der Waals surface area (Å²) in [6, 6.07) is 0.303. The number of nitrogens with zero attached hydrogens (tertiary/aromatic N) is 1. The van der Waals surface area contributed by atoms with Crippen molar-refractivity contribution in [2.75, 3.05) is 20.2 Å². The van der Waals surface area contributed by atoms with Crippen molar-refractivity contribution in [1.82, 2.24) is 4.90 Å². The van der Waals surface area contributed by atoms with Crippen LogP contribution in [0.25, 0.3) is 0 Å². The molecule has 0 aromatic rings. The highest BCUT2D eigenvalue weighted by Gasteiger charge is 2.39. The van der Waals surface area contributed by atoms with E-state index in [1.807, 2.05) is 7.05 Å². The van der Waals surface area contributed by atoms with Crippen LogP contribution in [0, 0.1) is 0 Å². The summed E-state index contributed by atoms with van der Waals surface area (Å²) in [6.45, 7) is 3.15. The summed E-state index contributed by atoms with van der Waals surface area (Å²) < 4.78 is 0. The van der Waals surface area contributed by atoms with Crippen LogP contribution in [0.15, 0.2) is 0 Å². The average Bonchev–Trinajstić information content (AvgIpc) is 2.19. The number of rotatable bonds is 1. The quantitative estimate of drug-likeness (QED) is 0.516. The maximum atomic E-state index is 8.96. The molecular weight excluding hydrogens is 128 g/mol. The first-order chi connectivity index (χ1) is 4.60. The summed E-state index contributed by atoms with van der Waals surface area (Å²) in [5.41, 5.74) is 5.55. The van der Waals surface area contributed by atoms with Gasteiger partial charge in [-0.15, -0.1) is 0 Å². The molecule has 0 spiro atoms. The normalized spacial score (nSPS) is 42.6. The van der Waals surface area contributed by atoms with Crippen molar-refractivity contribution in [3.63, 3.8) is 0 Å². The molecule has 0 aromatic heterocycles. The van der Waals surface area contributed by atoms with Gasteiger partial charge in [0.1, 0.15) is 0 Å². The number of hydrogen-bond acceptors (Lipinski definition) is 3. The van der Waals surface area contributed by atoms with Crippen LogP contribution < -0.4 is 5.73 Å². The Kier molecular flexibility index (Phi) is 1.99. The molecular formula is C7H16N2O. The van der Waals surface area contributed by atoms with Crippen LogP contribution in [0.3, 0.4) is 0 Å². The van der Waals surface area contributed by atoms with Crippen molar-refractivity contribution in [2.45, 2.75) is 24.9 Å². The van der Waals surface area contributed by atoms with Gasteiger partial charge in [-0.2, -0.15) is 0 Å². The molecule has 1 fully saturated rings. The topological polar surface area (TPSA) is 49.5 Å². The molecule has 2 unspecified atom stereocenters. The number of hydrogen-bond donors (Lipinski definition) is 2. The van der Waals surface area contributed by atoms with E-state index in [2.05, 4.69) is 11.8 Å². The van der Waals surface area contributed by atoms with Crippen LogP contribution in [0.1, 0.15) is 13.3 Å². The van der Waals surface area contributed by atoms with Crippen molar-refractivity contribution >= 4 is 0 Å². The van der Waals surface area contributed by atoms with E-state index in [1.165, 1.54) is 0 Å². The molecule has 1 rings (SSSR count). The molecule has 3 N–H and O–H groups in total. The Morgan fingerprint density at radius 1 is 1.80 bits per heavy atom. The Morgan fingerprint density at radius 3 is 2.60 bits per heavy atom. The molecule has 0 aliphatic carbocycles. The van der Waals surface area contributed by atoms with Gasteiger partial charge in [0, 0.05) is 12.6 Å². The standard InChI is InChI=1S/C7H16N2O/c1-6-7(8,5-10)3-4-9(6)2/h6,10H,3-5,8H2,1-2H3. The summed E-state index contributed by atoms with van der Waals surface area (Å²) in [7, 11) is 2.04. The van der Waals surface area contributed by atoms with Gasteiger partial charge in [-0.3, -0.25) is 0 Å². The summed E-state index contributed by atoms with van der Waals surface area (Å²) in [5, 5.41) is 8.96. The summed E-state index contributed by atoms with van der Waals surface area (Å²) >= 11 is 0. The molecule has 60 valence electrons. The maximum absolute atomic E-state index is 8.96. The van der Waals surface area contributed by atoms with Gasteiger partial charge in [-0.25, -0.2) is 0 Å². The van der Waals surface area contributed by atoms with E-state index < -0.39 is 0 Å².